The van der Waals surface area contributed by atoms with Gasteiger partial charge in [0.15, 0.2) is 11.6 Å². The van der Waals surface area contributed by atoms with Gasteiger partial charge in [0.2, 0.25) is 11.8 Å². The highest BCUT2D eigenvalue weighted by atomic mass is 32.1. The summed E-state index contributed by atoms with van der Waals surface area (Å²) in [6.45, 7) is 0.676. The first kappa shape index (κ1) is 28.1. The summed E-state index contributed by atoms with van der Waals surface area (Å²) in [7, 11) is 0. The number of amidine groups is 1. The Morgan fingerprint density at radius 1 is 1.05 bits per heavy atom. The number of oxime groups is 1. The van der Waals surface area contributed by atoms with E-state index in [0.717, 1.165) is 4.88 Å². The summed E-state index contributed by atoms with van der Waals surface area (Å²) >= 11 is 1.34. The Balaban J connectivity index is 1.18. The van der Waals surface area contributed by atoms with Gasteiger partial charge in [0, 0.05) is 27.8 Å². The molecule has 2 saturated heterocycles. The van der Waals surface area contributed by atoms with Gasteiger partial charge in [0.05, 0.1) is 32.8 Å². The van der Waals surface area contributed by atoms with Gasteiger partial charge in [-0.1, -0.05) is 23.4 Å². The fourth-order valence-corrected chi connectivity index (χ4v) is 5.47. The summed E-state index contributed by atoms with van der Waals surface area (Å²) in [5.41, 5.74) is 6.51. The van der Waals surface area contributed by atoms with Gasteiger partial charge in [-0.05, 0) is 42.5 Å². The van der Waals surface area contributed by atoms with Crippen LogP contribution in [-0.2, 0) is 25.6 Å². The van der Waals surface area contributed by atoms with Crippen LogP contribution in [0, 0.1) is 0 Å². The average Bonchev–Trinajstić information content (AvgIpc) is 3.76. The molecule has 1 atom stereocenters. The minimum Gasteiger partial charge on any atom is -0.457 e. The predicted octanol–water partition coefficient (Wildman–Crippen LogP) is 2.03. The van der Waals surface area contributed by atoms with Crippen LogP contribution >= 0.6 is 11.3 Å². The van der Waals surface area contributed by atoms with Gasteiger partial charge in [0.25, 0.3) is 5.91 Å². The highest BCUT2D eigenvalue weighted by molar-refractivity contribution is 7.10. The third-order valence-corrected chi connectivity index (χ3v) is 7.65. The van der Waals surface area contributed by atoms with E-state index in [1.54, 1.807) is 35.7 Å². The van der Waals surface area contributed by atoms with Crippen LogP contribution in [0.15, 0.2) is 71.2 Å². The topological polar surface area (TPSA) is 165 Å². The van der Waals surface area contributed by atoms with Crippen LogP contribution in [0.3, 0.4) is 0 Å². The van der Waals surface area contributed by atoms with Crippen LogP contribution < -0.4 is 21.1 Å². The molecule has 12 nitrogen and oxygen atoms in total. The number of nitrogens with one attached hydrogen (secondary N) is 2. The van der Waals surface area contributed by atoms with Crippen molar-refractivity contribution in [3.8, 4) is 11.5 Å². The van der Waals surface area contributed by atoms with Crippen LogP contribution in [0.2, 0.25) is 0 Å². The molecule has 5 rings (SSSR count). The molecule has 0 saturated carbocycles. The standard InChI is InChI=1S/C28H29N5O7S/c29-25(32-37)19-12-22(41-16-19)14-30-27(36)23-13-28(38-10-11-39-28)17-33(23)24(34)15-31-26(35)18-6-8-21(9-7-18)40-20-4-2-1-3-5-20/h1-9,12,16,23,37H,10-11,13-15,17H2,(H2,29,32)(H,30,36)(H,31,35). The van der Waals surface area contributed by atoms with Crippen molar-refractivity contribution < 1.29 is 33.8 Å². The monoisotopic (exact) mass is 579 g/mol. The Morgan fingerprint density at radius 2 is 1.76 bits per heavy atom. The van der Waals surface area contributed by atoms with E-state index >= 15 is 0 Å². The molecule has 41 heavy (non-hydrogen) atoms. The molecule has 13 heteroatoms. The molecule has 0 bridgehead atoms. The molecule has 0 aliphatic carbocycles. The first-order valence-corrected chi connectivity index (χ1v) is 13.8. The number of rotatable bonds is 9. The fourth-order valence-electron chi connectivity index (χ4n) is 4.66. The summed E-state index contributed by atoms with van der Waals surface area (Å²) in [5, 5.41) is 19.0. The maximum absolute atomic E-state index is 13.2. The number of likely N-dealkylation sites (tertiary alicyclic amines) is 1. The maximum Gasteiger partial charge on any atom is 0.251 e. The van der Waals surface area contributed by atoms with Gasteiger partial charge >= 0.3 is 0 Å². The molecule has 1 spiro atoms. The average molecular weight is 580 g/mol. The van der Waals surface area contributed by atoms with E-state index in [1.165, 1.54) is 16.2 Å². The molecule has 2 aliphatic rings. The van der Waals surface area contributed by atoms with E-state index in [-0.39, 0.29) is 37.8 Å². The predicted molar refractivity (Wildman–Crippen MR) is 149 cm³/mol. The number of nitrogens with zero attached hydrogens (tertiary/aromatic N) is 2. The first-order chi connectivity index (χ1) is 19.9. The van der Waals surface area contributed by atoms with Crippen LogP contribution in [-0.4, -0.2) is 71.8 Å². The Hall–Kier alpha value is -4.46. The molecule has 5 N–H and O–H groups in total. The zero-order valence-electron chi connectivity index (χ0n) is 21.9. The summed E-state index contributed by atoms with van der Waals surface area (Å²) < 4.78 is 17.3. The van der Waals surface area contributed by atoms with Crippen LogP contribution in [0.5, 0.6) is 11.5 Å². The molecule has 0 radical (unpaired) electrons. The summed E-state index contributed by atoms with van der Waals surface area (Å²) in [4.78, 5) is 41.3. The van der Waals surface area contributed by atoms with Crippen molar-refractivity contribution in [3.63, 3.8) is 0 Å². The van der Waals surface area contributed by atoms with Crippen molar-refractivity contribution >= 4 is 34.9 Å². The second-order valence-electron chi connectivity index (χ2n) is 9.48. The van der Waals surface area contributed by atoms with E-state index in [4.69, 9.17) is 25.2 Å². The summed E-state index contributed by atoms with van der Waals surface area (Å²) in [6, 6.07) is 16.7. The second-order valence-corrected chi connectivity index (χ2v) is 10.5. The molecule has 2 aliphatic heterocycles. The number of para-hydroxylation sites is 1. The Morgan fingerprint density at radius 3 is 2.46 bits per heavy atom. The number of nitrogens with two attached hydrogens (primary N) is 1. The number of amides is 3. The van der Waals surface area contributed by atoms with Crippen molar-refractivity contribution in [2.75, 3.05) is 26.3 Å². The van der Waals surface area contributed by atoms with Crippen molar-refractivity contribution in [2.24, 2.45) is 10.9 Å². The smallest absolute Gasteiger partial charge is 0.251 e. The number of carbonyl (C=O) groups excluding carboxylic acids is 3. The Kier molecular flexibility index (Phi) is 8.47. The molecule has 2 fully saturated rings. The van der Waals surface area contributed by atoms with Gasteiger partial charge in [-0.3, -0.25) is 14.4 Å². The lowest BCUT2D eigenvalue weighted by molar-refractivity contribution is -0.152. The minimum atomic E-state index is -1.06. The minimum absolute atomic E-state index is 0.0256. The normalized spacial score (nSPS) is 17.9. The number of hydrogen-bond acceptors (Lipinski definition) is 9. The molecule has 3 amide bonds. The van der Waals surface area contributed by atoms with Gasteiger partial charge in [-0.2, -0.15) is 0 Å². The van der Waals surface area contributed by atoms with Gasteiger partial charge in [0.1, 0.15) is 17.5 Å². The van der Waals surface area contributed by atoms with Gasteiger partial charge in [-0.25, -0.2) is 0 Å². The van der Waals surface area contributed by atoms with Crippen molar-refractivity contribution in [3.05, 3.63) is 82.0 Å². The third-order valence-electron chi connectivity index (χ3n) is 6.72. The third kappa shape index (κ3) is 6.65. The van der Waals surface area contributed by atoms with Crippen LogP contribution in [0.1, 0.15) is 27.2 Å². The molecule has 3 aromatic rings. The Labute approximate surface area is 239 Å². The number of carbonyl (C=O) groups is 3. The second kappa shape index (κ2) is 12.4. The lowest BCUT2D eigenvalue weighted by atomic mass is 10.1. The zero-order chi connectivity index (χ0) is 28.8. The summed E-state index contributed by atoms with van der Waals surface area (Å²) in [5.74, 6) is -1.10. The van der Waals surface area contributed by atoms with E-state index in [1.807, 2.05) is 30.3 Å². The lowest BCUT2D eigenvalue weighted by Crippen LogP contribution is -2.49. The molecule has 1 unspecified atom stereocenters. The number of benzene rings is 2. The van der Waals surface area contributed by atoms with E-state index < -0.39 is 23.6 Å². The maximum atomic E-state index is 13.2. The first-order valence-electron chi connectivity index (χ1n) is 12.9. The largest absolute Gasteiger partial charge is 0.457 e. The van der Waals surface area contributed by atoms with Gasteiger partial charge < -0.3 is 40.7 Å². The van der Waals surface area contributed by atoms with Crippen LogP contribution in [0.25, 0.3) is 0 Å². The van der Waals surface area contributed by atoms with Crippen LogP contribution in [0.4, 0.5) is 0 Å². The van der Waals surface area contributed by atoms with E-state index in [2.05, 4.69) is 15.8 Å². The molecule has 3 heterocycles. The summed E-state index contributed by atoms with van der Waals surface area (Å²) in [6.07, 6.45) is 0.168. The van der Waals surface area contributed by atoms with Crippen molar-refractivity contribution in [1.82, 2.24) is 15.5 Å². The van der Waals surface area contributed by atoms with Gasteiger partial charge in [-0.15, -0.1) is 11.3 Å². The highest BCUT2D eigenvalue weighted by Gasteiger charge is 2.52. The molecule has 2 aromatic carbocycles. The zero-order valence-corrected chi connectivity index (χ0v) is 22.8. The SMILES string of the molecule is NC(=NO)c1csc(CNC(=O)C2CC3(CN2C(=O)CNC(=O)c2ccc(Oc4ccccc4)cc2)OCCO3)c1. The molecular weight excluding hydrogens is 550 g/mol. The van der Waals surface area contributed by atoms with E-state index in [9.17, 15) is 14.4 Å². The lowest BCUT2D eigenvalue weighted by Gasteiger charge is -2.24. The molecule has 1 aromatic heterocycles. The Bertz CT molecular complexity index is 1420. The number of ether oxygens (including phenoxy) is 3. The fraction of sp³-hybridized carbons (Fsp3) is 0.286. The number of thiophene rings is 1. The van der Waals surface area contributed by atoms with Crippen molar-refractivity contribution in [2.45, 2.75) is 24.8 Å². The van der Waals surface area contributed by atoms with Crippen molar-refractivity contribution in [1.29, 1.82) is 0 Å². The number of hydrogen-bond donors (Lipinski definition) is 4. The quantitative estimate of drug-likeness (QED) is 0.129. The van der Waals surface area contributed by atoms with E-state index in [0.29, 0.717) is 35.8 Å². The highest BCUT2D eigenvalue weighted by Crippen LogP contribution is 2.35. The molecule has 214 valence electrons. The molecular formula is C28H29N5O7S.